The van der Waals surface area contributed by atoms with Gasteiger partial charge in [0.05, 0.1) is 16.9 Å². The first-order valence-electron chi connectivity index (χ1n) is 7.83. The van der Waals surface area contributed by atoms with Crippen LogP contribution in [-0.2, 0) is 6.67 Å². The normalized spacial score (nSPS) is 11.6. The van der Waals surface area contributed by atoms with Crippen molar-refractivity contribution in [2.45, 2.75) is 26.3 Å². The maximum Gasteiger partial charge on any atom is 0.247 e. The van der Waals surface area contributed by atoms with Gasteiger partial charge in [-0.15, -0.1) is 11.3 Å². The molecule has 24 heavy (non-hydrogen) atoms. The Balaban J connectivity index is 2.03. The monoisotopic (exact) mass is 372 g/mol. The van der Waals surface area contributed by atoms with Crippen molar-refractivity contribution in [2.75, 3.05) is 0 Å². The van der Waals surface area contributed by atoms with Crippen molar-refractivity contribution in [1.82, 2.24) is 9.13 Å². The van der Waals surface area contributed by atoms with Crippen LogP contribution in [0, 0.1) is 3.95 Å². The number of thiazole rings is 1. The van der Waals surface area contributed by atoms with Crippen molar-refractivity contribution in [3.8, 4) is 0 Å². The number of hydrogen-bond acceptors (Lipinski definition) is 3. The fraction of sp³-hybridized carbons (Fsp3) is 0.222. The van der Waals surface area contributed by atoms with Crippen LogP contribution in [0.2, 0.25) is 19.6 Å². The lowest BCUT2D eigenvalue weighted by Crippen LogP contribution is -2.50. The summed E-state index contributed by atoms with van der Waals surface area (Å²) in [6.07, 6.45) is 0. The van der Waals surface area contributed by atoms with Gasteiger partial charge in [0.15, 0.2) is 12.2 Å². The minimum atomic E-state index is -1.88. The van der Waals surface area contributed by atoms with Gasteiger partial charge in [0, 0.05) is 5.56 Å². The van der Waals surface area contributed by atoms with E-state index in [-0.39, 0.29) is 5.91 Å². The van der Waals surface area contributed by atoms with Gasteiger partial charge in [-0.2, -0.15) is 0 Å². The summed E-state index contributed by atoms with van der Waals surface area (Å²) in [6, 6.07) is 17.7. The van der Waals surface area contributed by atoms with Crippen molar-refractivity contribution in [2.24, 2.45) is 0 Å². The zero-order valence-corrected chi connectivity index (χ0v) is 16.7. The minimum absolute atomic E-state index is 0.0759. The van der Waals surface area contributed by atoms with Gasteiger partial charge in [0.25, 0.3) is 0 Å². The molecular weight excluding hydrogens is 352 g/mol. The summed E-state index contributed by atoms with van der Waals surface area (Å²) in [5.41, 5.74) is 1.82. The van der Waals surface area contributed by atoms with Crippen molar-refractivity contribution in [3.63, 3.8) is 0 Å². The second-order valence-corrected chi connectivity index (χ2v) is 13.2. The molecule has 0 bridgehead atoms. The number of amides is 1. The van der Waals surface area contributed by atoms with E-state index in [1.54, 1.807) is 11.3 Å². The van der Waals surface area contributed by atoms with Gasteiger partial charge in [-0.3, -0.25) is 4.79 Å². The highest BCUT2D eigenvalue weighted by Gasteiger charge is 2.30. The molecule has 0 saturated carbocycles. The highest BCUT2D eigenvalue weighted by molar-refractivity contribution is 7.73. The Bertz CT molecular complexity index is 925. The Labute approximate surface area is 152 Å². The third-order valence-corrected chi connectivity index (χ3v) is 7.33. The average molecular weight is 373 g/mol. The fourth-order valence-electron chi connectivity index (χ4n) is 2.61. The van der Waals surface area contributed by atoms with Crippen molar-refractivity contribution < 1.29 is 4.79 Å². The molecule has 0 saturated heterocycles. The molecule has 3 aromatic rings. The average Bonchev–Trinajstić information content (AvgIpc) is 2.87. The lowest BCUT2D eigenvalue weighted by molar-refractivity contribution is 0.0822. The van der Waals surface area contributed by atoms with Crippen LogP contribution in [0.25, 0.3) is 10.2 Å². The number of fused-ring (bicyclic) bond motifs is 1. The second kappa shape index (κ2) is 6.62. The van der Waals surface area contributed by atoms with Crippen LogP contribution in [0.1, 0.15) is 10.4 Å². The van der Waals surface area contributed by atoms with E-state index in [2.05, 4.69) is 36.3 Å². The third-order valence-electron chi connectivity index (χ3n) is 3.93. The molecule has 0 atom stereocenters. The molecule has 0 N–H and O–H groups in total. The quantitative estimate of drug-likeness (QED) is 0.454. The van der Waals surface area contributed by atoms with Crippen LogP contribution >= 0.6 is 23.6 Å². The molecule has 3 rings (SSSR count). The van der Waals surface area contributed by atoms with Gasteiger partial charge in [-0.25, -0.2) is 0 Å². The number of para-hydroxylation sites is 1. The summed E-state index contributed by atoms with van der Waals surface area (Å²) in [4.78, 5) is 13.1. The van der Waals surface area contributed by atoms with Crippen LogP contribution in [-0.4, -0.2) is 23.3 Å². The fourth-order valence-corrected chi connectivity index (χ4v) is 5.22. The largest absolute Gasteiger partial charge is 0.349 e. The lowest BCUT2D eigenvalue weighted by atomic mass is 10.2. The molecule has 3 nitrogen and oxygen atoms in total. The van der Waals surface area contributed by atoms with E-state index in [1.807, 2.05) is 47.0 Å². The third kappa shape index (κ3) is 3.36. The molecule has 0 radical (unpaired) electrons. The number of hydrogen-bond donors (Lipinski definition) is 0. The molecule has 1 heterocycles. The molecule has 0 aliphatic heterocycles. The predicted molar refractivity (Wildman–Crippen MR) is 107 cm³/mol. The van der Waals surface area contributed by atoms with E-state index < -0.39 is 8.24 Å². The Morgan fingerprint density at radius 1 is 1.08 bits per heavy atom. The number of rotatable bonds is 4. The molecular formula is C18H20N2OS2Si. The first-order valence-corrected chi connectivity index (χ1v) is 12.5. The number of carbonyl (C=O) groups is 1. The van der Waals surface area contributed by atoms with Crippen LogP contribution in [0.4, 0.5) is 0 Å². The van der Waals surface area contributed by atoms with E-state index in [0.29, 0.717) is 6.67 Å². The Morgan fingerprint density at radius 2 is 1.71 bits per heavy atom. The number of aromatic nitrogens is 1. The van der Waals surface area contributed by atoms with E-state index in [0.717, 1.165) is 19.7 Å². The van der Waals surface area contributed by atoms with Gasteiger partial charge in [0.1, 0.15) is 0 Å². The zero-order chi connectivity index (χ0) is 17.3. The summed E-state index contributed by atoms with van der Waals surface area (Å²) >= 11 is 7.15. The molecule has 0 aliphatic rings. The van der Waals surface area contributed by atoms with E-state index >= 15 is 0 Å². The second-order valence-electron chi connectivity index (χ2n) is 6.68. The summed E-state index contributed by atoms with van der Waals surface area (Å²) in [5.74, 6) is 0.0759. The lowest BCUT2D eigenvalue weighted by Gasteiger charge is -2.34. The minimum Gasteiger partial charge on any atom is -0.349 e. The molecule has 1 aromatic heterocycles. The Kier molecular flexibility index (Phi) is 4.71. The maximum atomic E-state index is 13.1. The smallest absolute Gasteiger partial charge is 0.247 e. The van der Waals surface area contributed by atoms with E-state index in [4.69, 9.17) is 12.2 Å². The van der Waals surface area contributed by atoms with Crippen LogP contribution in [0.5, 0.6) is 0 Å². The van der Waals surface area contributed by atoms with Crippen molar-refractivity contribution in [3.05, 3.63) is 64.1 Å². The molecule has 0 spiro atoms. The van der Waals surface area contributed by atoms with Crippen molar-refractivity contribution >= 4 is 47.9 Å². The number of benzene rings is 2. The number of carbonyl (C=O) groups excluding carboxylic acids is 1. The first-order chi connectivity index (χ1) is 11.4. The Hall–Kier alpha value is -1.76. The predicted octanol–water partition coefficient (Wildman–Crippen LogP) is 5.37. The molecule has 1 amide bonds. The van der Waals surface area contributed by atoms with Crippen molar-refractivity contribution in [1.29, 1.82) is 0 Å². The highest BCUT2D eigenvalue weighted by atomic mass is 32.1. The van der Waals surface area contributed by atoms with Gasteiger partial charge < -0.3 is 9.13 Å². The molecule has 6 heteroatoms. The van der Waals surface area contributed by atoms with Crippen LogP contribution in [0.3, 0.4) is 0 Å². The summed E-state index contributed by atoms with van der Waals surface area (Å²) in [7, 11) is -1.88. The highest BCUT2D eigenvalue weighted by Crippen LogP contribution is 2.25. The standard InChI is InChI=1S/C18H20N2OS2Si/c1-24(2,3)20(17(21)14-9-5-4-6-10-14)13-19-15-11-7-8-12-16(15)23-18(19)22/h4-12H,13H2,1-3H3. The zero-order valence-electron chi connectivity index (χ0n) is 14.0. The number of nitrogens with zero attached hydrogens (tertiary/aromatic N) is 2. The SMILES string of the molecule is C[Si](C)(C)N(Cn1c(=S)sc2ccccc21)C(=O)c1ccccc1. The van der Waals surface area contributed by atoms with Crippen LogP contribution in [0.15, 0.2) is 54.6 Å². The maximum absolute atomic E-state index is 13.1. The van der Waals surface area contributed by atoms with Gasteiger partial charge in [-0.05, 0) is 36.5 Å². The van der Waals surface area contributed by atoms with Crippen LogP contribution < -0.4 is 0 Å². The first kappa shape index (κ1) is 17.1. The van der Waals surface area contributed by atoms with Gasteiger partial charge >= 0.3 is 0 Å². The summed E-state index contributed by atoms with van der Waals surface area (Å²) < 4.78 is 6.05. The Morgan fingerprint density at radius 3 is 2.38 bits per heavy atom. The molecule has 0 fully saturated rings. The molecule has 124 valence electrons. The molecule has 0 aliphatic carbocycles. The topological polar surface area (TPSA) is 25.2 Å². The van der Waals surface area contributed by atoms with E-state index in [1.165, 1.54) is 0 Å². The molecule has 2 aromatic carbocycles. The van der Waals surface area contributed by atoms with Gasteiger partial charge in [-0.1, -0.05) is 50.0 Å². The van der Waals surface area contributed by atoms with E-state index in [9.17, 15) is 4.79 Å². The molecule has 0 unspecified atom stereocenters. The summed E-state index contributed by atoms with van der Waals surface area (Å²) in [5, 5.41) is 0. The van der Waals surface area contributed by atoms with Gasteiger partial charge in [0.2, 0.25) is 5.91 Å². The summed E-state index contributed by atoms with van der Waals surface area (Å²) in [6.45, 7) is 7.07.